The SMILES string of the molecule is CCNCC1(Cc2cccc(F)c2Cl)CCCOC1. The summed E-state index contributed by atoms with van der Waals surface area (Å²) in [4.78, 5) is 0. The van der Waals surface area contributed by atoms with Gasteiger partial charge in [0.05, 0.1) is 11.6 Å². The van der Waals surface area contributed by atoms with E-state index in [1.54, 1.807) is 6.07 Å². The molecule has 0 spiro atoms. The molecule has 0 radical (unpaired) electrons. The van der Waals surface area contributed by atoms with Crippen molar-refractivity contribution in [3.05, 3.63) is 34.6 Å². The molecule has 0 aliphatic carbocycles. The van der Waals surface area contributed by atoms with Gasteiger partial charge in [-0.3, -0.25) is 0 Å². The molecule has 1 aromatic rings. The molecule has 0 bridgehead atoms. The van der Waals surface area contributed by atoms with Crippen LogP contribution in [-0.2, 0) is 11.2 Å². The first kappa shape index (κ1) is 14.8. The molecule has 1 unspecified atom stereocenters. The number of benzene rings is 1. The molecular formula is C15H21ClFNO. The van der Waals surface area contributed by atoms with E-state index in [1.807, 2.05) is 6.07 Å². The maximum Gasteiger partial charge on any atom is 0.142 e. The fourth-order valence-electron chi connectivity index (χ4n) is 2.73. The standard InChI is InChI=1S/C15H21ClFNO/c1-2-18-10-15(7-4-8-19-11-15)9-12-5-3-6-13(17)14(12)16/h3,5-6,18H,2,4,7-11H2,1H3. The molecule has 1 atom stereocenters. The summed E-state index contributed by atoms with van der Waals surface area (Å²) in [5.41, 5.74) is 0.913. The monoisotopic (exact) mass is 285 g/mol. The summed E-state index contributed by atoms with van der Waals surface area (Å²) in [6, 6.07) is 5.04. The van der Waals surface area contributed by atoms with Crippen molar-refractivity contribution in [3.63, 3.8) is 0 Å². The smallest absolute Gasteiger partial charge is 0.142 e. The molecule has 1 N–H and O–H groups in total. The van der Waals surface area contributed by atoms with E-state index >= 15 is 0 Å². The van der Waals surface area contributed by atoms with Gasteiger partial charge in [0.1, 0.15) is 5.82 Å². The number of rotatable bonds is 5. The largest absolute Gasteiger partial charge is 0.381 e. The third kappa shape index (κ3) is 3.68. The topological polar surface area (TPSA) is 21.3 Å². The Morgan fingerprint density at radius 3 is 3.00 bits per heavy atom. The van der Waals surface area contributed by atoms with Crippen molar-refractivity contribution in [2.45, 2.75) is 26.2 Å². The number of nitrogens with one attached hydrogen (secondary N) is 1. The van der Waals surface area contributed by atoms with Gasteiger partial charge in [-0.25, -0.2) is 4.39 Å². The highest BCUT2D eigenvalue weighted by Gasteiger charge is 2.33. The van der Waals surface area contributed by atoms with E-state index in [0.29, 0.717) is 6.61 Å². The predicted molar refractivity (Wildman–Crippen MR) is 76.1 cm³/mol. The molecule has 1 aliphatic rings. The normalized spacial score (nSPS) is 23.5. The Bertz CT molecular complexity index is 419. The number of halogens is 2. The van der Waals surface area contributed by atoms with Gasteiger partial charge in [-0.15, -0.1) is 0 Å². The van der Waals surface area contributed by atoms with Crippen LogP contribution in [0.3, 0.4) is 0 Å². The van der Waals surface area contributed by atoms with Crippen LogP contribution in [0.25, 0.3) is 0 Å². The minimum absolute atomic E-state index is 0.0334. The fraction of sp³-hybridized carbons (Fsp3) is 0.600. The van der Waals surface area contributed by atoms with Crippen LogP contribution in [-0.4, -0.2) is 26.3 Å². The highest BCUT2D eigenvalue weighted by molar-refractivity contribution is 6.31. The van der Waals surface area contributed by atoms with Gasteiger partial charge in [-0.2, -0.15) is 0 Å². The molecule has 0 amide bonds. The molecule has 0 saturated carbocycles. The second-order valence-corrected chi connectivity index (χ2v) is 5.70. The van der Waals surface area contributed by atoms with Gasteiger partial charge in [0.15, 0.2) is 0 Å². The van der Waals surface area contributed by atoms with E-state index in [9.17, 15) is 4.39 Å². The number of hydrogen-bond donors (Lipinski definition) is 1. The molecule has 1 heterocycles. The van der Waals surface area contributed by atoms with Crippen molar-refractivity contribution in [2.24, 2.45) is 5.41 Å². The van der Waals surface area contributed by atoms with Crippen molar-refractivity contribution in [2.75, 3.05) is 26.3 Å². The fourth-order valence-corrected chi connectivity index (χ4v) is 2.92. The first-order chi connectivity index (χ1) is 9.17. The molecular weight excluding hydrogens is 265 g/mol. The molecule has 1 saturated heterocycles. The lowest BCUT2D eigenvalue weighted by Gasteiger charge is -2.37. The molecule has 2 nitrogen and oxygen atoms in total. The second kappa shape index (κ2) is 6.69. The molecule has 0 aromatic heterocycles. The quantitative estimate of drug-likeness (QED) is 0.895. The molecule has 106 valence electrons. The second-order valence-electron chi connectivity index (χ2n) is 5.33. The zero-order chi connectivity index (χ0) is 13.7. The van der Waals surface area contributed by atoms with Gasteiger partial charge in [-0.1, -0.05) is 30.7 Å². The van der Waals surface area contributed by atoms with Crippen molar-refractivity contribution < 1.29 is 9.13 Å². The van der Waals surface area contributed by atoms with Crippen LogP contribution in [0.2, 0.25) is 5.02 Å². The summed E-state index contributed by atoms with van der Waals surface area (Å²) in [6.07, 6.45) is 2.90. The average molecular weight is 286 g/mol. The first-order valence-corrected chi connectivity index (χ1v) is 7.26. The first-order valence-electron chi connectivity index (χ1n) is 6.88. The van der Waals surface area contributed by atoms with Gasteiger partial charge in [-0.05, 0) is 37.4 Å². The Balaban J connectivity index is 2.17. The lowest BCUT2D eigenvalue weighted by molar-refractivity contribution is -0.00692. The van der Waals surface area contributed by atoms with E-state index in [0.717, 1.165) is 44.5 Å². The third-order valence-corrected chi connectivity index (χ3v) is 4.17. The predicted octanol–water partition coefficient (Wildman–Crippen LogP) is 3.43. The number of ether oxygens (including phenoxy) is 1. The van der Waals surface area contributed by atoms with Gasteiger partial charge < -0.3 is 10.1 Å². The Morgan fingerprint density at radius 2 is 2.32 bits per heavy atom. The lowest BCUT2D eigenvalue weighted by Crippen LogP contribution is -2.42. The van der Waals surface area contributed by atoms with Crippen LogP contribution in [0, 0.1) is 11.2 Å². The Labute approximate surface area is 119 Å². The van der Waals surface area contributed by atoms with Crippen molar-refractivity contribution in [1.82, 2.24) is 5.32 Å². The highest BCUT2D eigenvalue weighted by atomic mass is 35.5. The number of hydrogen-bond acceptors (Lipinski definition) is 2. The minimum atomic E-state index is -0.338. The van der Waals surface area contributed by atoms with Crippen LogP contribution in [0.4, 0.5) is 4.39 Å². The summed E-state index contributed by atoms with van der Waals surface area (Å²) in [5, 5.41) is 3.65. The summed E-state index contributed by atoms with van der Waals surface area (Å²) < 4.78 is 19.2. The Hall–Kier alpha value is -0.640. The van der Waals surface area contributed by atoms with E-state index in [-0.39, 0.29) is 16.3 Å². The van der Waals surface area contributed by atoms with E-state index < -0.39 is 0 Å². The van der Waals surface area contributed by atoms with Gasteiger partial charge in [0.2, 0.25) is 0 Å². The van der Waals surface area contributed by atoms with Crippen LogP contribution >= 0.6 is 11.6 Å². The van der Waals surface area contributed by atoms with Crippen LogP contribution < -0.4 is 5.32 Å². The summed E-state index contributed by atoms with van der Waals surface area (Å²) >= 11 is 6.07. The van der Waals surface area contributed by atoms with Crippen molar-refractivity contribution in [1.29, 1.82) is 0 Å². The van der Waals surface area contributed by atoms with Gasteiger partial charge in [0, 0.05) is 18.6 Å². The zero-order valence-corrected chi connectivity index (χ0v) is 12.1. The van der Waals surface area contributed by atoms with E-state index in [4.69, 9.17) is 16.3 Å². The molecule has 19 heavy (non-hydrogen) atoms. The third-order valence-electron chi connectivity index (χ3n) is 3.75. The molecule has 1 fully saturated rings. The van der Waals surface area contributed by atoms with Crippen LogP contribution in [0.15, 0.2) is 18.2 Å². The van der Waals surface area contributed by atoms with E-state index in [2.05, 4.69) is 12.2 Å². The van der Waals surface area contributed by atoms with Crippen molar-refractivity contribution in [3.8, 4) is 0 Å². The Kier molecular flexibility index (Phi) is 5.20. The van der Waals surface area contributed by atoms with Crippen LogP contribution in [0.5, 0.6) is 0 Å². The molecule has 2 rings (SSSR count). The average Bonchev–Trinajstić information content (AvgIpc) is 2.43. The van der Waals surface area contributed by atoms with Crippen molar-refractivity contribution >= 4 is 11.6 Å². The van der Waals surface area contributed by atoms with Gasteiger partial charge >= 0.3 is 0 Å². The summed E-state index contributed by atoms with van der Waals surface area (Å²) in [6.45, 7) is 5.44. The molecule has 1 aliphatic heterocycles. The Morgan fingerprint density at radius 1 is 1.47 bits per heavy atom. The summed E-state index contributed by atoms with van der Waals surface area (Å²) in [7, 11) is 0. The zero-order valence-electron chi connectivity index (χ0n) is 11.3. The highest BCUT2D eigenvalue weighted by Crippen LogP contribution is 2.34. The molecule has 4 heteroatoms. The lowest BCUT2D eigenvalue weighted by atomic mass is 9.77. The molecule has 1 aromatic carbocycles. The van der Waals surface area contributed by atoms with E-state index in [1.165, 1.54) is 6.07 Å². The maximum atomic E-state index is 13.5. The maximum absolute atomic E-state index is 13.5. The van der Waals surface area contributed by atoms with Crippen LogP contribution in [0.1, 0.15) is 25.3 Å². The summed E-state index contributed by atoms with van der Waals surface area (Å²) in [5.74, 6) is -0.338. The minimum Gasteiger partial charge on any atom is -0.381 e. The van der Waals surface area contributed by atoms with Gasteiger partial charge in [0.25, 0.3) is 0 Å².